The quantitative estimate of drug-likeness (QED) is 0.580. The van der Waals surface area contributed by atoms with Gasteiger partial charge in [0, 0.05) is 18.7 Å². The Labute approximate surface area is 161 Å². The van der Waals surface area contributed by atoms with E-state index in [0.29, 0.717) is 25.2 Å². The Morgan fingerprint density at radius 3 is 2.29 bits per heavy atom. The summed E-state index contributed by atoms with van der Waals surface area (Å²) in [6, 6.07) is 13.0. The van der Waals surface area contributed by atoms with Gasteiger partial charge in [-0.05, 0) is 35.4 Å². The zero-order valence-electron chi connectivity index (χ0n) is 15.1. The maximum Gasteiger partial charge on any atom is 0.251 e. The van der Waals surface area contributed by atoms with E-state index in [1.54, 1.807) is 35.3 Å². The highest BCUT2D eigenvalue weighted by molar-refractivity contribution is 5.94. The first-order chi connectivity index (χ1) is 13.6. The molecule has 0 spiro atoms. The van der Waals surface area contributed by atoms with E-state index in [9.17, 15) is 14.0 Å². The number of carbonyl (C=O) groups is 2. The predicted octanol–water partition coefficient (Wildman–Crippen LogP) is 1.55. The van der Waals surface area contributed by atoms with Crippen LogP contribution in [0.2, 0.25) is 0 Å². The van der Waals surface area contributed by atoms with Crippen molar-refractivity contribution in [2.24, 2.45) is 0 Å². The van der Waals surface area contributed by atoms with Crippen LogP contribution >= 0.6 is 0 Å². The van der Waals surface area contributed by atoms with Crippen LogP contribution in [0.25, 0.3) is 0 Å². The molecule has 3 rings (SSSR count). The average molecular weight is 381 g/mol. The number of halogens is 1. The summed E-state index contributed by atoms with van der Waals surface area (Å²) < 4.78 is 14.5. The molecule has 7 nitrogen and oxygen atoms in total. The molecule has 2 amide bonds. The highest BCUT2D eigenvalue weighted by Crippen LogP contribution is 2.06. The third kappa shape index (κ3) is 5.73. The molecule has 2 aromatic carbocycles. The molecule has 0 atom stereocenters. The summed E-state index contributed by atoms with van der Waals surface area (Å²) in [4.78, 5) is 27.9. The molecule has 0 aliphatic carbocycles. The molecule has 0 saturated carbocycles. The standard InChI is InChI=1S/C20H20FN5O2/c21-18-7-3-15(4-8-18)11-19(27)23-9-10-24-20(28)17-5-1-16(2-6-17)12-26-14-22-13-25-26/h1-8,13-14H,9-12H2,(H,23,27)(H,24,28). The van der Waals surface area contributed by atoms with Crippen molar-refractivity contribution in [2.75, 3.05) is 13.1 Å². The Balaban J connectivity index is 1.38. The smallest absolute Gasteiger partial charge is 0.251 e. The van der Waals surface area contributed by atoms with Gasteiger partial charge in [-0.15, -0.1) is 0 Å². The highest BCUT2D eigenvalue weighted by atomic mass is 19.1. The first-order valence-electron chi connectivity index (χ1n) is 8.81. The molecule has 28 heavy (non-hydrogen) atoms. The summed E-state index contributed by atoms with van der Waals surface area (Å²) in [5.74, 6) is -0.725. The van der Waals surface area contributed by atoms with Gasteiger partial charge in [0.1, 0.15) is 18.5 Å². The molecule has 3 aromatic rings. The summed E-state index contributed by atoms with van der Waals surface area (Å²) in [6.07, 6.45) is 3.27. The lowest BCUT2D eigenvalue weighted by Gasteiger charge is -2.08. The Hall–Kier alpha value is -3.55. The van der Waals surface area contributed by atoms with Crippen LogP contribution < -0.4 is 10.6 Å². The number of amides is 2. The van der Waals surface area contributed by atoms with E-state index in [1.807, 2.05) is 12.1 Å². The zero-order valence-corrected chi connectivity index (χ0v) is 15.1. The van der Waals surface area contributed by atoms with Crippen LogP contribution in [0.4, 0.5) is 4.39 Å². The second kappa shape index (κ2) is 9.40. The van der Waals surface area contributed by atoms with E-state index >= 15 is 0 Å². The van der Waals surface area contributed by atoms with Crippen molar-refractivity contribution in [3.8, 4) is 0 Å². The molecule has 0 unspecified atom stereocenters. The van der Waals surface area contributed by atoms with Crippen molar-refractivity contribution in [3.63, 3.8) is 0 Å². The molecule has 2 N–H and O–H groups in total. The van der Waals surface area contributed by atoms with Crippen LogP contribution in [-0.4, -0.2) is 39.7 Å². The number of hydrogen-bond acceptors (Lipinski definition) is 4. The molecule has 0 aliphatic rings. The number of nitrogens with zero attached hydrogens (tertiary/aromatic N) is 3. The van der Waals surface area contributed by atoms with Crippen LogP contribution in [0.1, 0.15) is 21.5 Å². The van der Waals surface area contributed by atoms with Crippen molar-refractivity contribution in [3.05, 3.63) is 83.7 Å². The minimum atomic E-state index is -0.335. The van der Waals surface area contributed by atoms with Gasteiger partial charge in [-0.25, -0.2) is 14.1 Å². The lowest BCUT2D eigenvalue weighted by Crippen LogP contribution is -2.35. The largest absolute Gasteiger partial charge is 0.354 e. The SMILES string of the molecule is O=C(Cc1ccc(F)cc1)NCCNC(=O)c1ccc(Cn2cncn2)cc1. The molecule has 8 heteroatoms. The maximum absolute atomic E-state index is 12.8. The molecule has 0 saturated heterocycles. The fourth-order valence-electron chi connectivity index (χ4n) is 2.59. The summed E-state index contributed by atoms with van der Waals surface area (Å²) >= 11 is 0. The van der Waals surface area contributed by atoms with Crippen LogP contribution in [0, 0.1) is 5.82 Å². The molecular formula is C20H20FN5O2. The van der Waals surface area contributed by atoms with Crippen LogP contribution in [0.5, 0.6) is 0 Å². The number of benzene rings is 2. The first-order valence-corrected chi connectivity index (χ1v) is 8.81. The van der Waals surface area contributed by atoms with E-state index in [2.05, 4.69) is 20.7 Å². The predicted molar refractivity (Wildman–Crippen MR) is 101 cm³/mol. The van der Waals surface area contributed by atoms with Crippen molar-refractivity contribution in [1.29, 1.82) is 0 Å². The van der Waals surface area contributed by atoms with Crippen LogP contribution in [-0.2, 0) is 17.8 Å². The van der Waals surface area contributed by atoms with Crippen molar-refractivity contribution < 1.29 is 14.0 Å². The summed E-state index contributed by atoms with van der Waals surface area (Å²) in [5, 5.41) is 9.52. The van der Waals surface area contributed by atoms with Gasteiger partial charge in [-0.2, -0.15) is 5.10 Å². The molecule has 1 heterocycles. The number of aromatic nitrogens is 3. The van der Waals surface area contributed by atoms with E-state index < -0.39 is 0 Å². The lowest BCUT2D eigenvalue weighted by atomic mass is 10.1. The first kappa shape index (κ1) is 19.2. The fourth-order valence-corrected chi connectivity index (χ4v) is 2.59. The van der Waals surface area contributed by atoms with Gasteiger partial charge < -0.3 is 10.6 Å². The van der Waals surface area contributed by atoms with Crippen LogP contribution in [0.15, 0.2) is 61.2 Å². The van der Waals surface area contributed by atoms with Gasteiger partial charge in [0.15, 0.2) is 0 Å². The minimum Gasteiger partial charge on any atom is -0.354 e. The Morgan fingerprint density at radius 1 is 0.929 bits per heavy atom. The van der Waals surface area contributed by atoms with Gasteiger partial charge in [0.2, 0.25) is 5.91 Å². The van der Waals surface area contributed by atoms with Crippen molar-refractivity contribution in [2.45, 2.75) is 13.0 Å². The molecule has 0 bridgehead atoms. The average Bonchev–Trinajstić information content (AvgIpc) is 3.20. The second-order valence-corrected chi connectivity index (χ2v) is 6.20. The van der Waals surface area contributed by atoms with E-state index in [0.717, 1.165) is 11.1 Å². The van der Waals surface area contributed by atoms with E-state index in [4.69, 9.17) is 0 Å². The van der Waals surface area contributed by atoms with Gasteiger partial charge >= 0.3 is 0 Å². The second-order valence-electron chi connectivity index (χ2n) is 6.20. The van der Waals surface area contributed by atoms with Gasteiger partial charge in [0.05, 0.1) is 13.0 Å². The summed E-state index contributed by atoms with van der Waals surface area (Å²) in [6.45, 7) is 1.22. The molecule has 144 valence electrons. The van der Waals surface area contributed by atoms with Gasteiger partial charge in [-0.1, -0.05) is 24.3 Å². The Kier molecular flexibility index (Phi) is 6.46. The summed E-state index contributed by atoms with van der Waals surface area (Å²) in [7, 11) is 0. The third-order valence-electron chi connectivity index (χ3n) is 4.04. The normalized spacial score (nSPS) is 10.5. The number of nitrogens with one attached hydrogen (secondary N) is 2. The number of rotatable bonds is 8. The van der Waals surface area contributed by atoms with E-state index in [1.165, 1.54) is 18.5 Å². The van der Waals surface area contributed by atoms with Crippen molar-refractivity contribution >= 4 is 11.8 Å². The third-order valence-corrected chi connectivity index (χ3v) is 4.04. The van der Waals surface area contributed by atoms with Crippen LogP contribution in [0.3, 0.4) is 0 Å². The molecule has 1 aromatic heterocycles. The lowest BCUT2D eigenvalue weighted by molar-refractivity contribution is -0.120. The Bertz CT molecular complexity index is 909. The maximum atomic E-state index is 12.8. The number of hydrogen-bond donors (Lipinski definition) is 2. The van der Waals surface area contributed by atoms with Crippen molar-refractivity contribution in [1.82, 2.24) is 25.4 Å². The molecule has 0 fully saturated rings. The fraction of sp³-hybridized carbons (Fsp3) is 0.200. The van der Waals surface area contributed by atoms with Gasteiger partial charge in [0.25, 0.3) is 5.91 Å². The monoisotopic (exact) mass is 381 g/mol. The Morgan fingerprint density at radius 2 is 1.61 bits per heavy atom. The van der Waals surface area contributed by atoms with Gasteiger partial charge in [-0.3, -0.25) is 9.59 Å². The molecular weight excluding hydrogens is 361 g/mol. The molecule has 0 radical (unpaired) electrons. The molecule has 0 aliphatic heterocycles. The highest BCUT2D eigenvalue weighted by Gasteiger charge is 2.07. The topological polar surface area (TPSA) is 88.9 Å². The van der Waals surface area contributed by atoms with E-state index in [-0.39, 0.29) is 24.1 Å². The zero-order chi connectivity index (χ0) is 19.8. The minimum absolute atomic E-state index is 0.168. The number of carbonyl (C=O) groups excluding carboxylic acids is 2. The summed E-state index contributed by atoms with van der Waals surface area (Å²) in [5.41, 5.74) is 2.28.